The van der Waals surface area contributed by atoms with Gasteiger partial charge >= 0.3 is 0 Å². The molecule has 1 unspecified atom stereocenters. The predicted octanol–water partition coefficient (Wildman–Crippen LogP) is 4.41. The maximum Gasteiger partial charge on any atom is 0.0870 e. The van der Waals surface area contributed by atoms with E-state index < -0.39 is 0 Å². The van der Waals surface area contributed by atoms with Gasteiger partial charge in [-0.25, -0.2) is 0 Å². The van der Waals surface area contributed by atoms with Crippen LogP contribution in [-0.4, -0.2) is 12.7 Å². The summed E-state index contributed by atoms with van der Waals surface area (Å²) in [6, 6.07) is 8.74. The maximum atomic E-state index is 6.56. The molecule has 1 aliphatic carbocycles. The Labute approximate surface area is 123 Å². The van der Waals surface area contributed by atoms with Crippen LogP contribution in [0, 0.1) is 5.92 Å². The lowest BCUT2D eigenvalue weighted by atomic mass is 9.73. The molecular weight excluding hydrogens is 246 g/mol. The maximum absolute atomic E-state index is 6.56. The number of benzene rings is 1. The van der Waals surface area contributed by atoms with Crippen molar-refractivity contribution in [1.29, 1.82) is 0 Å². The van der Waals surface area contributed by atoms with Crippen molar-refractivity contribution in [1.82, 2.24) is 0 Å². The normalized spacial score (nSPS) is 28.6. The first-order valence-corrected chi connectivity index (χ1v) is 7.89. The van der Waals surface area contributed by atoms with Crippen LogP contribution < -0.4 is 5.73 Å². The Kier molecular flexibility index (Phi) is 4.87. The molecule has 0 heterocycles. The summed E-state index contributed by atoms with van der Waals surface area (Å²) in [7, 11) is 1.82. The van der Waals surface area contributed by atoms with Crippen LogP contribution in [0.3, 0.4) is 0 Å². The first-order chi connectivity index (χ1) is 9.48. The lowest BCUT2D eigenvalue weighted by molar-refractivity contribution is -0.0672. The van der Waals surface area contributed by atoms with Gasteiger partial charge in [0.2, 0.25) is 0 Å². The fourth-order valence-corrected chi connectivity index (χ4v) is 3.28. The van der Waals surface area contributed by atoms with E-state index in [4.69, 9.17) is 10.5 Å². The zero-order chi connectivity index (χ0) is 14.8. The van der Waals surface area contributed by atoms with E-state index in [2.05, 4.69) is 45.0 Å². The SMILES string of the molecule is COC1(C(N)c2ccc(C(C)C)cc2)CCC(C)CC1. The highest BCUT2D eigenvalue weighted by atomic mass is 16.5. The third-order valence-corrected chi connectivity index (χ3v) is 5.06. The Bertz CT molecular complexity index is 416. The van der Waals surface area contributed by atoms with E-state index in [1.54, 1.807) is 0 Å². The number of hydrogen-bond donors (Lipinski definition) is 1. The lowest BCUT2D eigenvalue weighted by Crippen LogP contribution is -2.45. The molecule has 1 atom stereocenters. The van der Waals surface area contributed by atoms with Gasteiger partial charge < -0.3 is 10.5 Å². The van der Waals surface area contributed by atoms with Crippen LogP contribution in [0.1, 0.15) is 69.5 Å². The monoisotopic (exact) mass is 275 g/mol. The Hall–Kier alpha value is -0.860. The minimum atomic E-state index is -0.175. The van der Waals surface area contributed by atoms with Crippen molar-refractivity contribution in [3.63, 3.8) is 0 Å². The van der Waals surface area contributed by atoms with Gasteiger partial charge in [0.15, 0.2) is 0 Å². The van der Waals surface area contributed by atoms with Crippen molar-refractivity contribution in [3.05, 3.63) is 35.4 Å². The molecule has 112 valence electrons. The summed E-state index contributed by atoms with van der Waals surface area (Å²) in [5.41, 5.74) is 8.95. The zero-order valence-corrected chi connectivity index (χ0v) is 13.4. The lowest BCUT2D eigenvalue weighted by Gasteiger charge is -2.42. The molecule has 1 aliphatic rings. The van der Waals surface area contributed by atoms with E-state index in [9.17, 15) is 0 Å². The van der Waals surface area contributed by atoms with E-state index in [0.717, 1.165) is 18.8 Å². The smallest absolute Gasteiger partial charge is 0.0870 e. The second-order valence-corrected chi connectivity index (χ2v) is 6.75. The van der Waals surface area contributed by atoms with Crippen molar-refractivity contribution >= 4 is 0 Å². The standard InChI is InChI=1S/C18H29NO/c1-13(2)15-5-7-16(8-6-15)17(19)18(20-4)11-9-14(3)10-12-18/h5-8,13-14,17H,9-12,19H2,1-4H3. The molecule has 0 amide bonds. The van der Waals surface area contributed by atoms with E-state index >= 15 is 0 Å². The van der Waals surface area contributed by atoms with Crippen LogP contribution in [0.25, 0.3) is 0 Å². The molecular formula is C18H29NO. The molecule has 1 aromatic rings. The molecule has 2 nitrogen and oxygen atoms in total. The number of nitrogens with two attached hydrogens (primary N) is 1. The van der Waals surface area contributed by atoms with Crippen molar-refractivity contribution in [3.8, 4) is 0 Å². The van der Waals surface area contributed by atoms with Crippen LogP contribution in [0.4, 0.5) is 0 Å². The van der Waals surface area contributed by atoms with Gasteiger partial charge in [-0.2, -0.15) is 0 Å². The van der Waals surface area contributed by atoms with Gasteiger partial charge in [-0.3, -0.25) is 0 Å². The molecule has 0 aromatic heterocycles. The summed E-state index contributed by atoms with van der Waals surface area (Å²) in [6.07, 6.45) is 4.56. The van der Waals surface area contributed by atoms with Crippen LogP contribution in [0.2, 0.25) is 0 Å². The molecule has 0 bridgehead atoms. The van der Waals surface area contributed by atoms with Gasteiger partial charge in [0.25, 0.3) is 0 Å². The largest absolute Gasteiger partial charge is 0.376 e. The highest BCUT2D eigenvalue weighted by molar-refractivity contribution is 5.28. The second-order valence-electron chi connectivity index (χ2n) is 6.75. The summed E-state index contributed by atoms with van der Waals surface area (Å²) >= 11 is 0. The Morgan fingerprint density at radius 2 is 1.60 bits per heavy atom. The number of rotatable bonds is 4. The molecule has 0 spiro atoms. The van der Waals surface area contributed by atoms with Crippen LogP contribution in [0.5, 0.6) is 0 Å². The third-order valence-electron chi connectivity index (χ3n) is 5.06. The molecule has 20 heavy (non-hydrogen) atoms. The van der Waals surface area contributed by atoms with Gasteiger partial charge in [0.05, 0.1) is 11.6 Å². The minimum Gasteiger partial charge on any atom is -0.376 e. The Morgan fingerprint density at radius 1 is 1.10 bits per heavy atom. The van der Waals surface area contributed by atoms with Crippen LogP contribution in [-0.2, 0) is 4.74 Å². The van der Waals surface area contributed by atoms with Crippen molar-refractivity contribution in [2.75, 3.05) is 7.11 Å². The fourth-order valence-electron chi connectivity index (χ4n) is 3.28. The van der Waals surface area contributed by atoms with Crippen molar-refractivity contribution < 1.29 is 4.74 Å². The molecule has 2 N–H and O–H groups in total. The zero-order valence-electron chi connectivity index (χ0n) is 13.4. The highest BCUT2D eigenvalue weighted by Gasteiger charge is 2.40. The molecule has 0 radical (unpaired) electrons. The van der Waals surface area contributed by atoms with Crippen molar-refractivity contribution in [2.24, 2.45) is 11.7 Å². The number of ether oxygens (including phenoxy) is 1. The molecule has 1 aromatic carbocycles. The summed E-state index contributed by atoms with van der Waals surface area (Å²) in [6.45, 7) is 6.75. The van der Waals surface area contributed by atoms with E-state index in [1.165, 1.54) is 24.0 Å². The molecule has 0 saturated heterocycles. The molecule has 2 heteroatoms. The molecule has 1 fully saturated rings. The molecule has 1 saturated carbocycles. The second kappa shape index (κ2) is 6.28. The van der Waals surface area contributed by atoms with Gasteiger partial charge in [0.1, 0.15) is 0 Å². The van der Waals surface area contributed by atoms with Gasteiger partial charge in [-0.05, 0) is 48.6 Å². The van der Waals surface area contributed by atoms with Gasteiger partial charge in [-0.15, -0.1) is 0 Å². The van der Waals surface area contributed by atoms with Gasteiger partial charge in [-0.1, -0.05) is 45.0 Å². The van der Waals surface area contributed by atoms with E-state index in [1.807, 2.05) is 7.11 Å². The van der Waals surface area contributed by atoms with E-state index in [-0.39, 0.29) is 11.6 Å². The highest BCUT2D eigenvalue weighted by Crippen LogP contribution is 2.41. The number of hydrogen-bond acceptors (Lipinski definition) is 2. The number of methoxy groups -OCH3 is 1. The average molecular weight is 275 g/mol. The fraction of sp³-hybridized carbons (Fsp3) is 0.667. The predicted molar refractivity (Wildman–Crippen MR) is 84.8 cm³/mol. The minimum absolute atomic E-state index is 0.0267. The third kappa shape index (κ3) is 3.07. The Morgan fingerprint density at radius 3 is 2.05 bits per heavy atom. The quantitative estimate of drug-likeness (QED) is 0.883. The van der Waals surface area contributed by atoms with E-state index in [0.29, 0.717) is 5.92 Å². The van der Waals surface area contributed by atoms with Crippen LogP contribution >= 0.6 is 0 Å². The molecule has 2 rings (SSSR count). The first kappa shape index (κ1) is 15.5. The molecule has 0 aliphatic heterocycles. The van der Waals surface area contributed by atoms with Crippen molar-refractivity contribution in [2.45, 2.75) is 64.0 Å². The topological polar surface area (TPSA) is 35.2 Å². The summed E-state index contributed by atoms with van der Waals surface area (Å²) in [4.78, 5) is 0. The average Bonchev–Trinajstić information content (AvgIpc) is 2.48. The summed E-state index contributed by atoms with van der Waals surface area (Å²) in [5, 5.41) is 0. The van der Waals surface area contributed by atoms with Gasteiger partial charge in [0, 0.05) is 7.11 Å². The Balaban J connectivity index is 2.17. The first-order valence-electron chi connectivity index (χ1n) is 7.89. The van der Waals surface area contributed by atoms with Crippen LogP contribution in [0.15, 0.2) is 24.3 Å². The summed E-state index contributed by atoms with van der Waals surface area (Å²) < 4.78 is 5.90. The summed E-state index contributed by atoms with van der Waals surface area (Å²) in [5.74, 6) is 1.36.